The number of likely N-dealkylation sites (N-methyl/N-ethyl adjacent to an activating group) is 1. The van der Waals surface area contributed by atoms with Crippen LogP contribution in [0.2, 0.25) is 0 Å². The van der Waals surface area contributed by atoms with Crippen LogP contribution in [0, 0.1) is 0 Å². The minimum Gasteiger partial charge on any atom is -0.463 e. The van der Waals surface area contributed by atoms with Gasteiger partial charge in [0.2, 0.25) is 5.95 Å². The highest BCUT2D eigenvalue weighted by Gasteiger charge is 2.25. The molecular formula is C14H25N5O2. The molecule has 21 heavy (non-hydrogen) atoms. The van der Waals surface area contributed by atoms with Gasteiger partial charge in [-0.15, -0.1) is 4.98 Å². The molecule has 0 aliphatic heterocycles. The lowest BCUT2D eigenvalue weighted by atomic mass is 10.5. The van der Waals surface area contributed by atoms with Gasteiger partial charge in [0.1, 0.15) is 6.61 Å². The summed E-state index contributed by atoms with van der Waals surface area (Å²) in [5.74, 6) is 0.490. The van der Waals surface area contributed by atoms with Crippen LogP contribution in [-0.4, -0.2) is 59.2 Å². The Morgan fingerprint density at radius 1 is 1.10 bits per heavy atom. The summed E-state index contributed by atoms with van der Waals surface area (Å²) < 4.78 is 11.1. The molecule has 0 spiro atoms. The smallest absolute Gasteiger partial charge is 0.324 e. The van der Waals surface area contributed by atoms with Gasteiger partial charge >= 0.3 is 12.0 Å². The van der Waals surface area contributed by atoms with Crippen LogP contribution in [0.3, 0.4) is 0 Å². The highest BCUT2D eigenvalue weighted by atomic mass is 16.5. The second kappa shape index (κ2) is 7.97. The third-order valence-corrected chi connectivity index (χ3v) is 3.21. The maximum Gasteiger partial charge on any atom is 0.324 e. The maximum absolute atomic E-state index is 5.64. The average Bonchev–Trinajstić information content (AvgIpc) is 3.30. The van der Waals surface area contributed by atoms with Crippen molar-refractivity contribution in [3.63, 3.8) is 0 Å². The summed E-state index contributed by atoms with van der Waals surface area (Å²) in [6.07, 6.45) is 3.49. The third kappa shape index (κ3) is 5.34. The second-order valence-electron chi connectivity index (χ2n) is 5.16. The lowest BCUT2D eigenvalue weighted by Crippen LogP contribution is -2.26. The highest BCUT2D eigenvalue weighted by molar-refractivity contribution is 5.27. The van der Waals surface area contributed by atoms with E-state index < -0.39 is 0 Å². The van der Waals surface area contributed by atoms with Crippen molar-refractivity contribution in [3.05, 3.63) is 0 Å². The van der Waals surface area contributed by atoms with Crippen molar-refractivity contribution in [2.75, 3.05) is 38.7 Å². The predicted octanol–water partition coefficient (Wildman–Crippen LogP) is 1.57. The van der Waals surface area contributed by atoms with E-state index in [1.54, 1.807) is 0 Å². The van der Waals surface area contributed by atoms with Gasteiger partial charge in [-0.05, 0) is 33.2 Å². The van der Waals surface area contributed by atoms with Gasteiger partial charge in [0.25, 0.3) is 0 Å². The third-order valence-electron chi connectivity index (χ3n) is 3.21. The summed E-state index contributed by atoms with van der Waals surface area (Å²) in [4.78, 5) is 14.9. The lowest BCUT2D eigenvalue weighted by molar-refractivity contribution is 0.214. The molecule has 1 aliphatic rings. The van der Waals surface area contributed by atoms with E-state index in [9.17, 15) is 0 Å². The van der Waals surface area contributed by atoms with Gasteiger partial charge in [-0.3, -0.25) is 0 Å². The molecule has 1 saturated carbocycles. The molecule has 1 aromatic rings. The number of aromatic nitrogens is 3. The summed E-state index contributed by atoms with van der Waals surface area (Å²) in [7, 11) is 2.12. The largest absolute Gasteiger partial charge is 0.463 e. The van der Waals surface area contributed by atoms with E-state index in [4.69, 9.17) is 9.47 Å². The topological polar surface area (TPSA) is 72.4 Å². The number of anilines is 1. The zero-order valence-corrected chi connectivity index (χ0v) is 13.1. The monoisotopic (exact) mass is 295 g/mol. The Kier molecular flexibility index (Phi) is 5.98. The van der Waals surface area contributed by atoms with Gasteiger partial charge in [0.05, 0.1) is 6.61 Å². The SMILES string of the molecule is CCCOc1nc(NCC)nc(OCCN(C)C2CC2)n1. The Bertz CT molecular complexity index is 439. The molecule has 0 saturated heterocycles. The second-order valence-corrected chi connectivity index (χ2v) is 5.16. The van der Waals surface area contributed by atoms with Crippen LogP contribution in [0.25, 0.3) is 0 Å². The molecule has 7 nitrogen and oxygen atoms in total. The molecule has 7 heteroatoms. The van der Waals surface area contributed by atoms with E-state index in [1.807, 2.05) is 13.8 Å². The first kappa shape index (κ1) is 15.8. The zero-order valence-electron chi connectivity index (χ0n) is 13.1. The molecule has 1 aromatic heterocycles. The molecule has 0 radical (unpaired) electrons. The van der Waals surface area contributed by atoms with Gasteiger partial charge in [0, 0.05) is 19.1 Å². The zero-order chi connectivity index (χ0) is 15.1. The molecular weight excluding hydrogens is 270 g/mol. The Hall–Kier alpha value is -1.63. The minimum absolute atomic E-state index is 0.313. The Morgan fingerprint density at radius 2 is 1.76 bits per heavy atom. The van der Waals surface area contributed by atoms with Gasteiger partial charge in [-0.25, -0.2) is 0 Å². The Morgan fingerprint density at radius 3 is 2.33 bits per heavy atom. The van der Waals surface area contributed by atoms with Crippen LogP contribution in [-0.2, 0) is 0 Å². The van der Waals surface area contributed by atoms with Crippen molar-refractivity contribution < 1.29 is 9.47 Å². The lowest BCUT2D eigenvalue weighted by Gasteiger charge is -2.15. The number of hydrogen-bond donors (Lipinski definition) is 1. The normalized spacial score (nSPS) is 14.3. The molecule has 1 heterocycles. The molecule has 0 amide bonds. The van der Waals surface area contributed by atoms with Crippen molar-refractivity contribution in [2.45, 2.75) is 39.2 Å². The van der Waals surface area contributed by atoms with E-state index in [1.165, 1.54) is 12.8 Å². The Labute approximate surface area is 126 Å². The maximum atomic E-state index is 5.64. The number of nitrogens with one attached hydrogen (secondary N) is 1. The summed E-state index contributed by atoms with van der Waals surface area (Å²) in [6, 6.07) is 1.36. The number of nitrogens with zero attached hydrogens (tertiary/aromatic N) is 4. The van der Waals surface area contributed by atoms with Crippen LogP contribution in [0.5, 0.6) is 12.0 Å². The molecule has 2 rings (SSSR count). The minimum atomic E-state index is 0.313. The molecule has 118 valence electrons. The number of hydrogen-bond acceptors (Lipinski definition) is 7. The molecule has 0 unspecified atom stereocenters. The molecule has 1 N–H and O–H groups in total. The summed E-state index contributed by atoms with van der Waals surface area (Å²) in [5.41, 5.74) is 0. The first-order chi connectivity index (χ1) is 10.2. The predicted molar refractivity (Wildman–Crippen MR) is 80.9 cm³/mol. The first-order valence-corrected chi connectivity index (χ1v) is 7.68. The van der Waals surface area contributed by atoms with E-state index >= 15 is 0 Å². The van der Waals surface area contributed by atoms with Crippen LogP contribution in [0.15, 0.2) is 0 Å². The van der Waals surface area contributed by atoms with Gasteiger partial charge in [0.15, 0.2) is 0 Å². The molecule has 1 aliphatic carbocycles. The van der Waals surface area contributed by atoms with E-state index in [2.05, 4.69) is 32.2 Å². The van der Waals surface area contributed by atoms with Gasteiger partial charge < -0.3 is 19.7 Å². The van der Waals surface area contributed by atoms with Crippen LogP contribution in [0.4, 0.5) is 5.95 Å². The van der Waals surface area contributed by atoms with Crippen LogP contribution in [0.1, 0.15) is 33.1 Å². The van der Waals surface area contributed by atoms with Crippen molar-refractivity contribution in [1.29, 1.82) is 0 Å². The fourth-order valence-corrected chi connectivity index (χ4v) is 1.88. The number of rotatable bonds is 10. The van der Waals surface area contributed by atoms with Crippen molar-refractivity contribution in [1.82, 2.24) is 19.9 Å². The van der Waals surface area contributed by atoms with E-state index in [0.29, 0.717) is 31.2 Å². The number of ether oxygens (including phenoxy) is 2. The standard InChI is InChI=1S/C14H25N5O2/c1-4-9-20-13-16-12(15-5-2)17-14(18-13)21-10-8-19(3)11-6-7-11/h11H,4-10H2,1-3H3,(H,15,16,17,18). The van der Waals surface area contributed by atoms with Crippen LogP contribution < -0.4 is 14.8 Å². The fraction of sp³-hybridized carbons (Fsp3) is 0.786. The van der Waals surface area contributed by atoms with Crippen molar-refractivity contribution in [2.24, 2.45) is 0 Å². The van der Waals surface area contributed by atoms with Crippen molar-refractivity contribution >= 4 is 5.95 Å². The summed E-state index contributed by atoms with van der Waals surface area (Å²) >= 11 is 0. The van der Waals surface area contributed by atoms with E-state index in [-0.39, 0.29) is 0 Å². The highest BCUT2D eigenvalue weighted by Crippen LogP contribution is 2.24. The van der Waals surface area contributed by atoms with Crippen LogP contribution >= 0.6 is 0 Å². The molecule has 1 fully saturated rings. The van der Waals surface area contributed by atoms with E-state index in [0.717, 1.165) is 25.6 Å². The fourth-order valence-electron chi connectivity index (χ4n) is 1.88. The molecule has 0 atom stereocenters. The average molecular weight is 295 g/mol. The first-order valence-electron chi connectivity index (χ1n) is 7.68. The quantitative estimate of drug-likeness (QED) is 0.702. The van der Waals surface area contributed by atoms with Gasteiger partial charge in [-0.1, -0.05) is 6.92 Å². The molecule has 0 bridgehead atoms. The van der Waals surface area contributed by atoms with Crippen molar-refractivity contribution in [3.8, 4) is 12.0 Å². The molecule has 0 aromatic carbocycles. The Balaban J connectivity index is 1.90. The summed E-state index contributed by atoms with van der Waals surface area (Å²) in [6.45, 7) is 6.79. The summed E-state index contributed by atoms with van der Waals surface area (Å²) in [5, 5.41) is 3.06. The van der Waals surface area contributed by atoms with Gasteiger partial charge in [-0.2, -0.15) is 9.97 Å².